The Morgan fingerprint density at radius 3 is 2.72 bits per heavy atom. The van der Waals surface area contributed by atoms with E-state index in [0.717, 1.165) is 0 Å². The number of hydrogen-bond acceptors (Lipinski definition) is 6. The number of hydrogen-bond donors (Lipinski definition) is 1. The molecule has 1 aliphatic rings. The maximum atomic E-state index is 11.8. The molecule has 3 rings (SSSR count). The molecule has 2 aromatic carbocycles. The number of carbonyl (C=O) groups is 1. The first kappa shape index (κ1) is 16.9. The van der Waals surface area contributed by atoms with Gasteiger partial charge in [0.1, 0.15) is 11.5 Å². The van der Waals surface area contributed by atoms with Crippen LogP contribution in [0.25, 0.3) is 0 Å². The van der Waals surface area contributed by atoms with Gasteiger partial charge < -0.3 is 18.9 Å². The van der Waals surface area contributed by atoms with Gasteiger partial charge in [-0.2, -0.15) is 5.10 Å². The smallest absolute Gasteiger partial charge is 0.277 e. The van der Waals surface area contributed by atoms with Crippen LogP contribution < -0.4 is 24.4 Å². The molecule has 7 nitrogen and oxygen atoms in total. The van der Waals surface area contributed by atoms with Gasteiger partial charge in [0.25, 0.3) is 5.91 Å². The van der Waals surface area contributed by atoms with Crippen LogP contribution >= 0.6 is 11.6 Å². The molecule has 0 saturated heterocycles. The van der Waals surface area contributed by atoms with E-state index >= 15 is 0 Å². The monoisotopic (exact) mass is 362 g/mol. The van der Waals surface area contributed by atoms with E-state index < -0.39 is 5.91 Å². The second-order valence-corrected chi connectivity index (χ2v) is 5.42. The van der Waals surface area contributed by atoms with E-state index in [4.69, 9.17) is 30.5 Å². The van der Waals surface area contributed by atoms with Gasteiger partial charge in [-0.25, -0.2) is 5.43 Å². The first-order valence-electron chi connectivity index (χ1n) is 7.33. The summed E-state index contributed by atoms with van der Waals surface area (Å²) in [7, 11) is 1.54. The molecule has 1 aliphatic heterocycles. The summed E-state index contributed by atoms with van der Waals surface area (Å²) >= 11 is 5.78. The Morgan fingerprint density at radius 1 is 1.28 bits per heavy atom. The van der Waals surface area contributed by atoms with Crippen LogP contribution in [-0.4, -0.2) is 32.6 Å². The molecule has 0 aliphatic carbocycles. The number of ether oxygens (including phenoxy) is 4. The highest BCUT2D eigenvalue weighted by molar-refractivity contribution is 6.30. The lowest BCUT2D eigenvalue weighted by atomic mass is 10.2. The number of methoxy groups -OCH3 is 1. The van der Waals surface area contributed by atoms with Gasteiger partial charge in [0, 0.05) is 16.7 Å². The van der Waals surface area contributed by atoms with Gasteiger partial charge in [0.05, 0.1) is 13.3 Å². The second-order valence-electron chi connectivity index (χ2n) is 4.98. The maximum absolute atomic E-state index is 11.8. The molecule has 1 N–H and O–H groups in total. The van der Waals surface area contributed by atoms with Crippen LogP contribution in [0.3, 0.4) is 0 Å². The summed E-state index contributed by atoms with van der Waals surface area (Å²) in [5, 5.41) is 4.50. The minimum atomic E-state index is -0.397. The molecule has 0 atom stereocenters. The quantitative estimate of drug-likeness (QED) is 0.631. The Bertz CT molecular complexity index is 792. The molecule has 0 bridgehead atoms. The minimum absolute atomic E-state index is 0.165. The highest BCUT2D eigenvalue weighted by Crippen LogP contribution is 2.37. The van der Waals surface area contributed by atoms with Gasteiger partial charge in [-0.1, -0.05) is 11.6 Å². The molecule has 2 aromatic rings. The molecule has 0 radical (unpaired) electrons. The average Bonchev–Trinajstić information content (AvgIpc) is 3.07. The molecule has 1 amide bonds. The van der Waals surface area contributed by atoms with E-state index in [-0.39, 0.29) is 13.4 Å². The molecule has 0 spiro atoms. The Balaban J connectivity index is 1.55. The van der Waals surface area contributed by atoms with E-state index in [2.05, 4.69) is 10.5 Å². The number of carbonyl (C=O) groups excluding carboxylic acids is 1. The number of nitrogens with zero attached hydrogens (tertiary/aromatic N) is 1. The predicted molar refractivity (Wildman–Crippen MR) is 91.8 cm³/mol. The molecule has 8 heteroatoms. The van der Waals surface area contributed by atoms with E-state index in [9.17, 15) is 4.79 Å². The third-order valence-electron chi connectivity index (χ3n) is 3.30. The Kier molecular flexibility index (Phi) is 5.25. The summed E-state index contributed by atoms with van der Waals surface area (Å²) < 4.78 is 21.2. The minimum Gasteiger partial charge on any atom is -0.496 e. The largest absolute Gasteiger partial charge is 0.496 e. The summed E-state index contributed by atoms with van der Waals surface area (Å²) in [5.41, 5.74) is 3.03. The summed E-state index contributed by atoms with van der Waals surface area (Å²) in [6.07, 6.45) is 1.46. The van der Waals surface area contributed by atoms with E-state index in [0.29, 0.717) is 33.6 Å². The van der Waals surface area contributed by atoms with Gasteiger partial charge >= 0.3 is 0 Å². The predicted octanol–water partition coefficient (Wildman–Crippen LogP) is 2.61. The third-order valence-corrected chi connectivity index (χ3v) is 3.55. The van der Waals surface area contributed by atoms with Crippen LogP contribution in [0, 0.1) is 0 Å². The van der Waals surface area contributed by atoms with Gasteiger partial charge in [-0.05, 0) is 30.3 Å². The van der Waals surface area contributed by atoms with E-state index in [1.165, 1.54) is 13.3 Å². The summed E-state index contributed by atoms with van der Waals surface area (Å²) in [4.78, 5) is 11.8. The highest BCUT2D eigenvalue weighted by Gasteiger charge is 2.17. The van der Waals surface area contributed by atoms with Crippen LogP contribution in [0.5, 0.6) is 23.0 Å². The van der Waals surface area contributed by atoms with E-state index in [1.54, 1.807) is 36.4 Å². The summed E-state index contributed by atoms with van der Waals surface area (Å²) in [6.45, 7) is -0.00486. The van der Waals surface area contributed by atoms with Crippen molar-refractivity contribution in [2.45, 2.75) is 0 Å². The standard InChI is InChI=1S/C17H15ClN2O5/c1-22-14-7-16-15(24-10-25-16)6-11(14)8-19-20-17(21)9-23-13-4-2-12(18)3-5-13/h2-8H,9-10H2,1H3,(H,20,21)/b19-8-. The van der Waals surface area contributed by atoms with Crippen molar-refractivity contribution in [3.63, 3.8) is 0 Å². The SMILES string of the molecule is COc1cc2c(cc1/C=N\NC(=O)COc1ccc(Cl)cc1)OCO2. The molecule has 130 valence electrons. The number of nitrogens with one attached hydrogen (secondary N) is 1. The fourth-order valence-electron chi connectivity index (χ4n) is 2.10. The van der Waals surface area contributed by atoms with Crippen molar-refractivity contribution in [3.05, 3.63) is 47.0 Å². The lowest BCUT2D eigenvalue weighted by Crippen LogP contribution is -2.24. The normalized spacial score (nSPS) is 12.2. The Hall–Kier alpha value is -2.93. The van der Waals surface area contributed by atoms with Crippen LogP contribution in [0.2, 0.25) is 5.02 Å². The average molecular weight is 363 g/mol. The number of halogens is 1. The van der Waals surface area contributed by atoms with Gasteiger partial charge in [0.2, 0.25) is 6.79 Å². The molecule has 0 aromatic heterocycles. The summed E-state index contributed by atoms with van der Waals surface area (Å²) in [6, 6.07) is 10.1. The van der Waals surface area contributed by atoms with Crippen molar-refractivity contribution >= 4 is 23.7 Å². The van der Waals surface area contributed by atoms with Crippen molar-refractivity contribution in [2.75, 3.05) is 20.5 Å². The molecular weight excluding hydrogens is 348 g/mol. The van der Waals surface area contributed by atoms with Crippen molar-refractivity contribution in [1.29, 1.82) is 0 Å². The highest BCUT2D eigenvalue weighted by atomic mass is 35.5. The van der Waals surface area contributed by atoms with Crippen molar-refractivity contribution in [1.82, 2.24) is 5.43 Å². The van der Waals surface area contributed by atoms with Gasteiger partial charge in [-0.15, -0.1) is 0 Å². The number of amides is 1. The van der Waals surface area contributed by atoms with Crippen LogP contribution in [0.15, 0.2) is 41.5 Å². The first-order valence-corrected chi connectivity index (χ1v) is 7.71. The first-order chi connectivity index (χ1) is 12.2. The fraction of sp³-hybridized carbons (Fsp3) is 0.176. The lowest BCUT2D eigenvalue weighted by Gasteiger charge is -2.06. The Morgan fingerprint density at radius 2 is 2.00 bits per heavy atom. The Labute approximate surface area is 149 Å². The molecule has 1 heterocycles. The summed E-state index contributed by atoms with van der Waals surface area (Å²) in [5.74, 6) is 1.90. The third kappa shape index (κ3) is 4.33. The molecule has 0 saturated carbocycles. The maximum Gasteiger partial charge on any atom is 0.277 e. The van der Waals surface area contributed by atoms with Crippen molar-refractivity contribution in [3.8, 4) is 23.0 Å². The topological polar surface area (TPSA) is 78.4 Å². The zero-order chi connectivity index (χ0) is 17.6. The second kappa shape index (κ2) is 7.76. The number of hydrazone groups is 1. The van der Waals surface area contributed by atoms with Gasteiger partial charge in [0.15, 0.2) is 18.1 Å². The van der Waals surface area contributed by atoms with Crippen LogP contribution in [0.4, 0.5) is 0 Å². The van der Waals surface area contributed by atoms with Crippen molar-refractivity contribution in [2.24, 2.45) is 5.10 Å². The zero-order valence-electron chi connectivity index (χ0n) is 13.3. The van der Waals surface area contributed by atoms with Crippen LogP contribution in [0.1, 0.15) is 5.56 Å². The molecular formula is C17H15ClN2O5. The number of fused-ring (bicyclic) bond motifs is 1. The number of benzene rings is 2. The van der Waals surface area contributed by atoms with Crippen LogP contribution in [-0.2, 0) is 4.79 Å². The van der Waals surface area contributed by atoms with E-state index in [1.807, 2.05) is 0 Å². The molecule has 0 unspecified atom stereocenters. The molecule has 0 fully saturated rings. The number of rotatable bonds is 6. The zero-order valence-corrected chi connectivity index (χ0v) is 14.1. The van der Waals surface area contributed by atoms with Gasteiger partial charge in [-0.3, -0.25) is 4.79 Å². The molecule has 25 heavy (non-hydrogen) atoms. The lowest BCUT2D eigenvalue weighted by molar-refractivity contribution is -0.123. The van der Waals surface area contributed by atoms with Crippen molar-refractivity contribution < 1.29 is 23.7 Å². The fourth-order valence-corrected chi connectivity index (χ4v) is 2.23.